The third kappa shape index (κ3) is 3.84. The van der Waals surface area contributed by atoms with Crippen LogP contribution in [0, 0.1) is 6.92 Å². The first-order chi connectivity index (χ1) is 10.0. The summed E-state index contributed by atoms with van der Waals surface area (Å²) in [5, 5.41) is 6.89. The molecule has 1 aliphatic heterocycles. The van der Waals surface area contributed by atoms with Crippen LogP contribution < -0.4 is 10.6 Å². The highest BCUT2D eigenvalue weighted by molar-refractivity contribution is 5.57. The van der Waals surface area contributed by atoms with Gasteiger partial charge in [-0.3, -0.25) is 0 Å². The van der Waals surface area contributed by atoms with Crippen LogP contribution >= 0.6 is 0 Å². The average molecular weight is 291 g/mol. The molecule has 118 valence electrons. The quantitative estimate of drug-likeness (QED) is 0.844. The van der Waals surface area contributed by atoms with Crippen molar-refractivity contribution in [3.8, 4) is 0 Å². The van der Waals surface area contributed by atoms with Crippen LogP contribution in [0.15, 0.2) is 0 Å². The molecule has 2 heterocycles. The molecule has 1 fully saturated rings. The molecule has 5 heteroatoms. The largest absolute Gasteiger partial charge is 0.370 e. The number of likely N-dealkylation sites (tertiary alicyclic amines) is 1. The Kier molecular flexibility index (Phi) is 5.39. The predicted octanol–water partition coefficient (Wildman–Crippen LogP) is 2.85. The van der Waals surface area contributed by atoms with Gasteiger partial charge in [-0.05, 0) is 40.3 Å². The lowest BCUT2D eigenvalue weighted by Gasteiger charge is -2.21. The number of hydrogen-bond acceptors (Lipinski definition) is 5. The van der Waals surface area contributed by atoms with Gasteiger partial charge < -0.3 is 15.5 Å². The molecule has 2 rings (SSSR count). The number of nitrogens with one attached hydrogen (secondary N) is 2. The second kappa shape index (κ2) is 7.07. The molecule has 1 atom stereocenters. The number of nitrogens with zero attached hydrogens (tertiary/aromatic N) is 3. The second-order valence-electron chi connectivity index (χ2n) is 6.25. The van der Waals surface area contributed by atoms with E-state index in [4.69, 9.17) is 4.98 Å². The van der Waals surface area contributed by atoms with Gasteiger partial charge in [0, 0.05) is 30.6 Å². The Labute approximate surface area is 128 Å². The summed E-state index contributed by atoms with van der Waals surface area (Å²) in [4.78, 5) is 11.8. The van der Waals surface area contributed by atoms with Crippen LogP contribution in [-0.4, -0.2) is 47.6 Å². The van der Waals surface area contributed by atoms with Gasteiger partial charge in [0.1, 0.15) is 17.5 Å². The molecule has 0 aromatic carbocycles. The number of rotatable bonds is 6. The summed E-state index contributed by atoms with van der Waals surface area (Å²) in [5.41, 5.74) is 1.11. The molecular weight excluding hydrogens is 262 g/mol. The molecule has 1 unspecified atom stereocenters. The Morgan fingerprint density at radius 1 is 1.24 bits per heavy atom. The van der Waals surface area contributed by atoms with Gasteiger partial charge >= 0.3 is 0 Å². The van der Waals surface area contributed by atoms with Crippen molar-refractivity contribution in [3.63, 3.8) is 0 Å². The van der Waals surface area contributed by atoms with E-state index in [2.05, 4.69) is 55.3 Å². The minimum Gasteiger partial charge on any atom is -0.370 e. The molecule has 0 saturated carbocycles. The van der Waals surface area contributed by atoms with E-state index in [9.17, 15) is 0 Å². The molecule has 5 nitrogen and oxygen atoms in total. The van der Waals surface area contributed by atoms with E-state index < -0.39 is 0 Å². The Bertz CT molecular complexity index is 472. The van der Waals surface area contributed by atoms with Crippen molar-refractivity contribution in [2.75, 3.05) is 37.3 Å². The van der Waals surface area contributed by atoms with Crippen molar-refractivity contribution < 1.29 is 0 Å². The van der Waals surface area contributed by atoms with E-state index in [1.165, 1.54) is 19.4 Å². The first-order valence-corrected chi connectivity index (χ1v) is 8.09. The summed E-state index contributed by atoms with van der Waals surface area (Å²) >= 11 is 0. The smallest absolute Gasteiger partial charge is 0.135 e. The molecule has 0 aliphatic carbocycles. The molecule has 0 amide bonds. The minimum absolute atomic E-state index is 0.331. The topological polar surface area (TPSA) is 53.1 Å². The van der Waals surface area contributed by atoms with Crippen LogP contribution in [0.5, 0.6) is 0 Å². The highest BCUT2D eigenvalue weighted by Crippen LogP contribution is 2.24. The van der Waals surface area contributed by atoms with E-state index in [-0.39, 0.29) is 0 Å². The fourth-order valence-electron chi connectivity index (χ4n) is 2.76. The summed E-state index contributed by atoms with van der Waals surface area (Å²) in [6.07, 6.45) is 2.57. The van der Waals surface area contributed by atoms with Crippen molar-refractivity contribution in [1.29, 1.82) is 0 Å². The zero-order chi connectivity index (χ0) is 15.4. The number of likely N-dealkylation sites (N-methyl/N-ethyl adjacent to an activating group) is 1. The van der Waals surface area contributed by atoms with E-state index >= 15 is 0 Å². The summed E-state index contributed by atoms with van der Waals surface area (Å²) < 4.78 is 0. The van der Waals surface area contributed by atoms with Gasteiger partial charge in [0.2, 0.25) is 0 Å². The van der Waals surface area contributed by atoms with Crippen molar-refractivity contribution >= 4 is 11.6 Å². The lowest BCUT2D eigenvalue weighted by Crippen LogP contribution is -2.32. The maximum atomic E-state index is 4.72. The summed E-state index contributed by atoms with van der Waals surface area (Å²) in [5.74, 6) is 3.17. The van der Waals surface area contributed by atoms with Crippen LogP contribution in [0.4, 0.5) is 11.6 Å². The monoisotopic (exact) mass is 291 g/mol. The molecule has 0 radical (unpaired) electrons. The van der Waals surface area contributed by atoms with Crippen LogP contribution in [0.2, 0.25) is 0 Å². The Morgan fingerprint density at radius 3 is 2.43 bits per heavy atom. The van der Waals surface area contributed by atoms with E-state index in [1.54, 1.807) is 0 Å². The normalized spacial score (nSPS) is 19.2. The molecule has 1 aliphatic rings. The lowest BCUT2D eigenvalue weighted by molar-refractivity contribution is 0.322. The molecule has 1 aromatic heterocycles. The van der Waals surface area contributed by atoms with Gasteiger partial charge in [0.15, 0.2) is 0 Å². The zero-order valence-corrected chi connectivity index (χ0v) is 14.0. The number of anilines is 2. The van der Waals surface area contributed by atoms with Gasteiger partial charge in [-0.1, -0.05) is 13.8 Å². The Balaban J connectivity index is 2.16. The van der Waals surface area contributed by atoms with Crippen LogP contribution in [0.1, 0.15) is 50.9 Å². The average Bonchev–Trinajstić information content (AvgIpc) is 2.85. The van der Waals surface area contributed by atoms with Gasteiger partial charge in [-0.15, -0.1) is 0 Å². The van der Waals surface area contributed by atoms with E-state index in [0.29, 0.717) is 12.0 Å². The molecule has 1 saturated heterocycles. The first kappa shape index (κ1) is 16.0. The Morgan fingerprint density at radius 2 is 1.90 bits per heavy atom. The van der Waals surface area contributed by atoms with Crippen molar-refractivity contribution in [2.24, 2.45) is 0 Å². The fourth-order valence-corrected chi connectivity index (χ4v) is 2.76. The third-order valence-electron chi connectivity index (χ3n) is 4.20. The minimum atomic E-state index is 0.331. The molecule has 0 spiro atoms. The van der Waals surface area contributed by atoms with Crippen molar-refractivity contribution in [3.05, 3.63) is 11.4 Å². The molecule has 1 aromatic rings. The zero-order valence-electron chi connectivity index (χ0n) is 14.0. The maximum absolute atomic E-state index is 4.72. The molecule has 0 bridgehead atoms. The van der Waals surface area contributed by atoms with Gasteiger partial charge in [0.05, 0.1) is 0 Å². The summed E-state index contributed by atoms with van der Waals surface area (Å²) in [7, 11) is 2.20. The van der Waals surface area contributed by atoms with E-state index in [0.717, 1.165) is 36.1 Å². The van der Waals surface area contributed by atoms with Crippen LogP contribution in [0.3, 0.4) is 0 Å². The predicted molar refractivity (Wildman–Crippen MR) is 89.2 cm³/mol. The summed E-state index contributed by atoms with van der Waals surface area (Å²) in [6, 6.07) is 0.615. The highest BCUT2D eigenvalue weighted by Gasteiger charge is 2.21. The third-order valence-corrected chi connectivity index (χ3v) is 4.20. The highest BCUT2D eigenvalue weighted by atomic mass is 15.2. The molecule has 2 N–H and O–H groups in total. The first-order valence-electron chi connectivity index (χ1n) is 8.09. The van der Waals surface area contributed by atoms with E-state index in [1.807, 2.05) is 0 Å². The summed E-state index contributed by atoms with van der Waals surface area (Å²) in [6.45, 7) is 11.5. The van der Waals surface area contributed by atoms with Gasteiger partial charge in [0.25, 0.3) is 0 Å². The number of hydrogen-bond donors (Lipinski definition) is 2. The van der Waals surface area contributed by atoms with Crippen LogP contribution in [0.25, 0.3) is 0 Å². The SMILES string of the molecule is CCNc1nc(C(C)C)nc(NCC2CCCN2C)c1C. The van der Waals surface area contributed by atoms with Gasteiger partial charge in [-0.2, -0.15) is 0 Å². The maximum Gasteiger partial charge on any atom is 0.135 e. The standard InChI is InChI=1S/C16H29N5/c1-6-17-15-12(4)16(20-14(19-15)11(2)3)18-10-13-8-7-9-21(13)5/h11,13H,6-10H2,1-5H3,(H2,17,18,19,20). The molecule has 21 heavy (non-hydrogen) atoms. The number of aromatic nitrogens is 2. The molecular formula is C16H29N5. The van der Waals surface area contributed by atoms with Crippen LogP contribution in [-0.2, 0) is 0 Å². The second-order valence-corrected chi connectivity index (χ2v) is 6.25. The van der Waals surface area contributed by atoms with Gasteiger partial charge in [-0.25, -0.2) is 9.97 Å². The van der Waals surface area contributed by atoms with Crippen molar-refractivity contribution in [1.82, 2.24) is 14.9 Å². The Hall–Kier alpha value is -1.36. The fraction of sp³-hybridized carbons (Fsp3) is 0.750. The lowest BCUT2D eigenvalue weighted by atomic mass is 10.2. The van der Waals surface area contributed by atoms with Crippen molar-refractivity contribution in [2.45, 2.75) is 52.5 Å².